The van der Waals surface area contributed by atoms with Gasteiger partial charge in [-0.25, -0.2) is 0 Å². The van der Waals surface area contributed by atoms with E-state index in [4.69, 9.17) is 0 Å². The number of amides is 3. The third-order valence-electron chi connectivity index (χ3n) is 6.89. The van der Waals surface area contributed by atoms with Crippen LogP contribution in [-0.4, -0.2) is 30.8 Å². The Kier molecular flexibility index (Phi) is 5.00. The summed E-state index contributed by atoms with van der Waals surface area (Å²) in [7, 11) is 0. The fraction of sp³-hybridized carbons (Fsp3) is 0.400. The molecule has 2 aromatic carbocycles. The molecule has 6 nitrogen and oxygen atoms in total. The fourth-order valence-electron chi connectivity index (χ4n) is 4.74. The van der Waals surface area contributed by atoms with Crippen LogP contribution in [0, 0.1) is 18.8 Å². The van der Waals surface area contributed by atoms with Crippen LogP contribution in [0.15, 0.2) is 42.5 Å². The van der Waals surface area contributed by atoms with Gasteiger partial charge in [-0.05, 0) is 61.6 Å². The van der Waals surface area contributed by atoms with Gasteiger partial charge in [0.1, 0.15) is 0 Å². The second-order valence-electron chi connectivity index (χ2n) is 8.89. The molecule has 160 valence electrons. The Morgan fingerprint density at radius 2 is 1.87 bits per heavy atom. The van der Waals surface area contributed by atoms with Crippen LogP contribution < -0.4 is 15.1 Å². The van der Waals surface area contributed by atoms with Crippen LogP contribution in [-0.2, 0) is 20.8 Å². The van der Waals surface area contributed by atoms with E-state index in [1.165, 1.54) is 0 Å². The first-order chi connectivity index (χ1) is 15.0. The molecule has 1 saturated heterocycles. The monoisotopic (exact) mass is 417 g/mol. The van der Waals surface area contributed by atoms with Gasteiger partial charge in [0.2, 0.25) is 17.7 Å². The molecule has 2 fully saturated rings. The Bertz CT molecular complexity index is 1060. The fourth-order valence-corrected chi connectivity index (χ4v) is 4.74. The van der Waals surface area contributed by atoms with Crippen molar-refractivity contribution in [3.8, 4) is 0 Å². The predicted octanol–water partition coefficient (Wildman–Crippen LogP) is 3.68. The van der Waals surface area contributed by atoms with Gasteiger partial charge in [-0.1, -0.05) is 24.6 Å². The molecule has 2 heterocycles. The minimum Gasteiger partial charge on any atom is -0.326 e. The first kappa shape index (κ1) is 19.8. The SMILES string of the molecule is Cc1ccccc1NC(=O)[C@H]1CC(=O)N(c2ccc3c(c2)CCN3C(=O)C2CCC2)C1. The molecule has 0 unspecified atom stereocenters. The van der Waals surface area contributed by atoms with Crippen molar-refractivity contribution < 1.29 is 14.4 Å². The molecule has 31 heavy (non-hydrogen) atoms. The number of hydrogen-bond donors (Lipinski definition) is 1. The molecule has 1 saturated carbocycles. The van der Waals surface area contributed by atoms with Crippen molar-refractivity contribution in [3.05, 3.63) is 53.6 Å². The van der Waals surface area contributed by atoms with Gasteiger partial charge in [-0.3, -0.25) is 14.4 Å². The lowest BCUT2D eigenvalue weighted by atomic mass is 9.84. The van der Waals surface area contributed by atoms with Crippen molar-refractivity contribution in [1.82, 2.24) is 0 Å². The summed E-state index contributed by atoms with van der Waals surface area (Å²) in [5.41, 5.74) is 4.67. The predicted molar refractivity (Wildman–Crippen MR) is 120 cm³/mol. The normalized spacial score (nSPS) is 20.5. The van der Waals surface area contributed by atoms with E-state index in [0.29, 0.717) is 13.1 Å². The van der Waals surface area contributed by atoms with Crippen molar-refractivity contribution in [2.24, 2.45) is 11.8 Å². The van der Waals surface area contributed by atoms with E-state index in [9.17, 15) is 14.4 Å². The van der Waals surface area contributed by atoms with Gasteiger partial charge < -0.3 is 15.1 Å². The lowest BCUT2D eigenvalue weighted by Crippen LogP contribution is -2.37. The average Bonchev–Trinajstić information content (AvgIpc) is 3.31. The summed E-state index contributed by atoms with van der Waals surface area (Å²) in [6, 6.07) is 13.5. The van der Waals surface area contributed by atoms with Crippen molar-refractivity contribution in [2.45, 2.75) is 39.0 Å². The van der Waals surface area contributed by atoms with Crippen molar-refractivity contribution >= 4 is 34.8 Å². The van der Waals surface area contributed by atoms with Crippen LogP contribution in [0.1, 0.15) is 36.8 Å². The summed E-state index contributed by atoms with van der Waals surface area (Å²) in [5.74, 6) is -0.118. The summed E-state index contributed by atoms with van der Waals surface area (Å²) in [6.07, 6.45) is 4.15. The summed E-state index contributed by atoms with van der Waals surface area (Å²) < 4.78 is 0. The lowest BCUT2D eigenvalue weighted by molar-refractivity contribution is -0.124. The van der Waals surface area contributed by atoms with Gasteiger partial charge in [0.05, 0.1) is 5.92 Å². The molecule has 0 spiro atoms. The van der Waals surface area contributed by atoms with Gasteiger partial charge in [-0.2, -0.15) is 0 Å². The van der Waals surface area contributed by atoms with E-state index in [0.717, 1.165) is 53.9 Å². The molecule has 3 aliphatic rings. The topological polar surface area (TPSA) is 69.7 Å². The number of nitrogens with zero attached hydrogens (tertiary/aromatic N) is 2. The molecule has 2 aliphatic heterocycles. The highest BCUT2D eigenvalue weighted by Gasteiger charge is 2.37. The highest BCUT2D eigenvalue weighted by Crippen LogP contribution is 2.37. The average molecular weight is 418 g/mol. The minimum atomic E-state index is -0.378. The standard InChI is InChI=1S/C25H27N3O3/c1-16-5-2-3-8-21(16)26-24(30)19-14-23(29)28(15-19)20-9-10-22-18(13-20)11-12-27(22)25(31)17-6-4-7-17/h2-3,5,8-10,13,17,19H,4,6-7,11-12,14-15H2,1H3,(H,26,30)/t19-/m0/s1. The quantitative estimate of drug-likeness (QED) is 0.825. The van der Waals surface area contributed by atoms with Gasteiger partial charge in [0.15, 0.2) is 0 Å². The van der Waals surface area contributed by atoms with Gasteiger partial charge >= 0.3 is 0 Å². The summed E-state index contributed by atoms with van der Waals surface area (Å²) in [6.45, 7) is 3.04. The molecular weight excluding hydrogens is 390 g/mol. The third kappa shape index (κ3) is 3.60. The Morgan fingerprint density at radius 1 is 1.06 bits per heavy atom. The van der Waals surface area contributed by atoms with Crippen LogP contribution in [0.4, 0.5) is 17.1 Å². The zero-order chi connectivity index (χ0) is 21.5. The Balaban J connectivity index is 1.29. The number of anilines is 3. The molecule has 2 aromatic rings. The number of rotatable bonds is 4. The second-order valence-corrected chi connectivity index (χ2v) is 8.89. The van der Waals surface area contributed by atoms with Crippen LogP contribution in [0.5, 0.6) is 0 Å². The zero-order valence-corrected chi connectivity index (χ0v) is 17.8. The Morgan fingerprint density at radius 3 is 2.61 bits per heavy atom. The summed E-state index contributed by atoms with van der Waals surface area (Å²) in [4.78, 5) is 41.8. The van der Waals surface area contributed by atoms with E-state index in [2.05, 4.69) is 5.32 Å². The van der Waals surface area contributed by atoms with E-state index < -0.39 is 0 Å². The lowest BCUT2D eigenvalue weighted by Gasteiger charge is -2.29. The minimum absolute atomic E-state index is 0.0368. The molecular formula is C25H27N3O3. The largest absolute Gasteiger partial charge is 0.326 e. The van der Waals surface area contributed by atoms with Crippen molar-refractivity contribution in [2.75, 3.05) is 28.2 Å². The smallest absolute Gasteiger partial charge is 0.230 e. The van der Waals surface area contributed by atoms with Crippen molar-refractivity contribution in [3.63, 3.8) is 0 Å². The molecule has 1 aliphatic carbocycles. The Hall–Kier alpha value is -3.15. The number of carbonyl (C=O) groups excluding carboxylic acids is 3. The van der Waals surface area contributed by atoms with Crippen LogP contribution in [0.2, 0.25) is 0 Å². The van der Waals surface area contributed by atoms with Gasteiger partial charge in [0, 0.05) is 42.5 Å². The first-order valence-electron chi connectivity index (χ1n) is 11.1. The molecule has 1 atom stereocenters. The molecule has 1 N–H and O–H groups in total. The molecule has 3 amide bonds. The Labute approximate surface area is 182 Å². The van der Waals surface area contributed by atoms with Crippen LogP contribution in [0.3, 0.4) is 0 Å². The zero-order valence-electron chi connectivity index (χ0n) is 17.8. The molecule has 6 heteroatoms. The number of fused-ring (bicyclic) bond motifs is 1. The van der Waals surface area contributed by atoms with Gasteiger partial charge in [0.25, 0.3) is 0 Å². The maximum Gasteiger partial charge on any atom is 0.230 e. The molecule has 0 radical (unpaired) electrons. The number of para-hydroxylation sites is 1. The number of nitrogens with one attached hydrogen (secondary N) is 1. The third-order valence-corrected chi connectivity index (χ3v) is 6.89. The second kappa shape index (κ2) is 7.84. The summed E-state index contributed by atoms with van der Waals surface area (Å²) >= 11 is 0. The van der Waals surface area contributed by atoms with E-state index in [-0.39, 0.29) is 36.0 Å². The van der Waals surface area contributed by atoms with E-state index in [1.54, 1.807) is 4.90 Å². The maximum absolute atomic E-state index is 12.8. The number of carbonyl (C=O) groups is 3. The number of aryl methyl sites for hydroxylation is 1. The maximum atomic E-state index is 12.8. The highest BCUT2D eigenvalue weighted by atomic mass is 16.2. The van der Waals surface area contributed by atoms with Crippen molar-refractivity contribution in [1.29, 1.82) is 0 Å². The first-order valence-corrected chi connectivity index (χ1v) is 11.1. The number of hydrogen-bond acceptors (Lipinski definition) is 3. The molecule has 0 bridgehead atoms. The van der Waals surface area contributed by atoms with E-state index in [1.807, 2.05) is 54.3 Å². The molecule has 5 rings (SSSR count). The number of benzene rings is 2. The highest BCUT2D eigenvalue weighted by molar-refractivity contribution is 6.04. The van der Waals surface area contributed by atoms with E-state index >= 15 is 0 Å². The summed E-state index contributed by atoms with van der Waals surface area (Å²) in [5, 5.41) is 2.96. The van der Waals surface area contributed by atoms with Gasteiger partial charge in [-0.15, -0.1) is 0 Å². The van der Waals surface area contributed by atoms with Crippen LogP contribution >= 0.6 is 0 Å². The molecule has 0 aromatic heterocycles. The van der Waals surface area contributed by atoms with Crippen LogP contribution in [0.25, 0.3) is 0 Å².